The number of rotatable bonds is 6. The van der Waals surface area contributed by atoms with Gasteiger partial charge in [0.25, 0.3) is 10.1 Å². The van der Waals surface area contributed by atoms with E-state index in [-0.39, 0.29) is 18.1 Å². The van der Waals surface area contributed by atoms with Crippen molar-refractivity contribution in [2.45, 2.75) is 11.8 Å². The summed E-state index contributed by atoms with van der Waals surface area (Å²) >= 11 is 0. The van der Waals surface area contributed by atoms with Crippen LogP contribution in [0.15, 0.2) is 46.9 Å². The normalized spacial score (nSPS) is 12.6. The SMILES string of the molecule is CC(=CC=Cc1ccc(S(=O)(=O)O)cc1)C(=O)OCCO. The third kappa shape index (κ3) is 5.90. The summed E-state index contributed by atoms with van der Waals surface area (Å²) in [4.78, 5) is 11.2. The van der Waals surface area contributed by atoms with E-state index in [0.29, 0.717) is 11.1 Å². The van der Waals surface area contributed by atoms with Gasteiger partial charge in [0.1, 0.15) is 6.61 Å². The van der Waals surface area contributed by atoms with Crippen LogP contribution in [0.5, 0.6) is 0 Å². The zero-order chi connectivity index (χ0) is 15.9. The Kier molecular flexibility index (Phi) is 6.29. The van der Waals surface area contributed by atoms with E-state index in [2.05, 4.69) is 0 Å². The average Bonchev–Trinajstić information content (AvgIpc) is 2.44. The maximum absolute atomic E-state index is 11.4. The Morgan fingerprint density at radius 1 is 1.29 bits per heavy atom. The highest BCUT2D eigenvalue weighted by Crippen LogP contribution is 2.11. The van der Waals surface area contributed by atoms with Crippen LogP contribution in [-0.4, -0.2) is 37.3 Å². The van der Waals surface area contributed by atoms with Crippen molar-refractivity contribution >= 4 is 22.2 Å². The summed E-state index contributed by atoms with van der Waals surface area (Å²) in [5.41, 5.74) is 1.07. The molecule has 1 rings (SSSR count). The van der Waals surface area contributed by atoms with Gasteiger partial charge in [0.15, 0.2) is 0 Å². The Hall–Kier alpha value is -1.96. The van der Waals surface area contributed by atoms with Crippen LogP contribution in [0.3, 0.4) is 0 Å². The van der Waals surface area contributed by atoms with Crippen molar-refractivity contribution in [2.75, 3.05) is 13.2 Å². The lowest BCUT2D eigenvalue weighted by Crippen LogP contribution is -2.09. The molecule has 0 amide bonds. The molecular formula is C14H16O6S. The molecule has 0 spiro atoms. The van der Waals surface area contributed by atoms with Gasteiger partial charge in [-0.2, -0.15) is 8.42 Å². The molecule has 1 aromatic carbocycles. The number of carbonyl (C=O) groups is 1. The van der Waals surface area contributed by atoms with Crippen molar-refractivity contribution in [3.63, 3.8) is 0 Å². The Bertz CT molecular complexity index is 641. The molecule has 0 saturated carbocycles. The van der Waals surface area contributed by atoms with Crippen LogP contribution in [0.25, 0.3) is 6.08 Å². The van der Waals surface area contributed by atoms with Crippen LogP contribution in [-0.2, 0) is 19.6 Å². The number of aliphatic hydroxyl groups excluding tert-OH is 1. The van der Waals surface area contributed by atoms with Crippen LogP contribution in [0.1, 0.15) is 12.5 Å². The second-order valence-corrected chi connectivity index (χ2v) is 5.53. The quantitative estimate of drug-likeness (QED) is 0.357. The van der Waals surface area contributed by atoms with Crippen LogP contribution < -0.4 is 0 Å². The summed E-state index contributed by atoms with van der Waals surface area (Å²) in [6, 6.07) is 5.60. The maximum atomic E-state index is 11.4. The molecular weight excluding hydrogens is 296 g/mol. The fourth-order valence-corrected chi connectivity index (χ4v) is 1.85. The lowest BCUT2D eigenvalue weighted by molar-refractivity contribution is -0.139. The predicted molar refractivity (Wildman–Crippen MR) is 77.1 cm³/mol. The number of ether oxygens (including phenoxy) is 1. The van der Waals surface area contributed by atoms with Gasteiger partial charge in [-0.1, -0.05) is 30.4 Å². The topological polar surface area (TPSA) is 101 Å². The van der Waals surface area contributed by atoms with Crippen LogP contribution in [0, 0.1) is 0 Å². The van der Waals surface area contributed by atoms with Crippen molar-refractivity contribution in [1.82, 2.24) is 0 Å². The first-order valence-corrected chi connectivity index (χ1v) is 7.49. The molecule has 114 valence electrons. The first kappa shape index (κ1) is 17.1. The molecule has 0 atom stereocenters. The molecule has 0 radical (unpaired) electrons. The number of esters is 1. The number of allylic oxidation sites excluding steroid dienone is 2. The smallest absolute Gasteiger partial charge is 0.333 e. The van der Waals surface area contributed by atoms with E-state index in [1.54, 1.807) is 19.1 Å². The molecule has 7 heteroatoms. The molecule has 0 unspecified atom stereocenters. The zero-order valence-electron chi connectivity index (χ0n) is 11.4. The number of carbonyl (C=O) groups excluding carboxylic acids is 1. The molecule has 0 aliphatic carbocycles. The Labute approximate surface area is 123 Å². The van der Waals surface area contributed by atoms with Crippen molar-refractivity contribution in [1.29, 1.82) is 0 Å². The Balaban J connectivity index is 2.71. The predicted octanol–water partition coefficient (Wildman–Crippen LogP) is 1.43. The lowest BCUT2D eigenvalue weighted by atomic mass is 10.2. The van der Waals surface area contributed by atoms with Gasteiger partial charge in [-0.25, -0.2) is 4.79 Å². The first-order chi connectivity index (χ1) is 9.84. The second-order valence-electron chi connectivity index (χ2n) is 4.11. The number of hydrogen-bond donors (Lipinski definition) is 2. The second kappa shape index (κ2) is 7.72. The number of aliphatic hydroxyl groups is 1. The Morgan fingerprint density at radius 2 is 1.90 bits per heavy atom. The molecule has 2 N–H and O–H groups in total. The summed E-state index contributed by atoms with van der Waals surface area (Å²) < 4.78 is 35.3. The van der Waals surface area contributed by atoms with Crippen molar-refractivity contribution in [2.24, 2.45) is 0 Å². The molecule has 1 aromatic rings. The maximum Gasteiger partial charge on any atom is 0.333 e. The summed E-state index contributed by atoms with van der Waals surface area (Å²) in [6.45, 7) is 1.30. The van der Waals surface area contributed by atoms with Crippen molar-refractivity contribution in [3.8, 4) is 0 Å². The van der Waals surface area contributed by atoms with E-state index in [0.717, 1.165) is 0 Å². The zero-order valence-corrected chi connectivity index (χ0v) is 12.2. The van der Waals surface area contributed by atoms with Gasteiger partial charge in [-0.05, 0) is 24.6 Å². The van der Waals surface area contributed by atoms with E-state index >= 15 is 0 Å². The van der Waals surface area contributed by atoms with Gasteiger partial charge in [0, 0.05) is 5.57 Å². The van der Waals surface area contributed by atoms with Crippen LogP contribution in [0.4, 0.5) is 0 Å². The van der Waals surface area contributed by atoms with E-state index in [9.17, 15) is 13.2 Å². The van der Waals surface area contributed by atoms with Gasteiger partial charge in [0.2, 0.25) is 0 Å². The van der Waals surface area contributed by atoms with Crippen molar-refractivity contribution in [3.05, 3.63) is 47.6 Å². The monoisotopic (exact) mass is 312 g/mol. The fraction of sp³-hybridized carbons (Fsp3) is 0.214. The highest BCUT2D eigenvalue weighted by molar-refractivity contribution is 7.85. The minimum atomic E-state index is -4.19. The van der Waals surface area contributed by atoms with Gasteiger partial charge in [-0.15, -0.1) is 0 Å². The number of hydrogen-bond acceptors (Lipinski definition) is 5. The average molecular weight is 312 g/mol. The van der Waals surface area contributed by atoms with E-state index in [1.807, 2.05) is 0 Å². The minimum absolute atomic E-state index is 0.0508. The lowest BCUT2D eigenvalue weighted by Gasteiger charge is -2.01. The molecule has 6 nitrogen and oxygen atoms in total. The van der Waals surface area contributed by atoms with E-state index in [1.165, 1.54) is 30.3 Å². The number of benzene rings is 1. The van der Waals surface area contributed by atoms with Gasteiger partial charge in [-0.3, -0.25) is 4.55 Å². The molecule has 0 bridgehead atoms. The highest BCUT2D eigenvalue weighted by atomic mass is 32.2. The summed E-state index contributed by atoms with van der Waals surface area (Å²) in [5, 5.41) is 8.53. The van der Waals surface area contributed by atoms with Gasteiger partial charge >= 0.3 is 5.97 Å². The summed E-state index contributed by atoms with van der Waals surface area (Å²) in [6.07, 6.45) is 4.81. The van der Waals surface area contributed by atoms with Crippen molar-refractivity contribution < 1.29 is 27.6 Å². The Morgan fingerprint density at radius 3 is 2.43 bits per heavy atom. The van der Waals surface area contributed by atoms with Gasteiger partial charge in [0.05, 0.1) is 11.5 Å². The summed E-state index contributed by atoms with van der Waals surface area (Å²) in [5.74, 6) is -0.518. The molecule has 0 heterocycles. The molecule has 0 fully saturated rings. The third-order valence-electron chi connectivity index (χ3n) is 2.46. The third-order valence-corrected chi connectivity index (χ3v) is 3.33. The minimum Gasteiger partial charge on any atom is -0.460 e. The standard InChI is InChI=1S/C14H16O6S/c1-11(14(16)20-10-9-15)3-2-4-12-5-7-13(8-6-12)21(17,18)19/h2-8,15H,9-10H2,1H3,(H,17,18,19). The van der Waals surface area contributed by atoms with Gasteiger partial charge < -0.3 is 9.84 Å². The fourth-order valence-electron chi connectivity index (χ4n) is 1.37. The van der Waals surface area contributed by atoms with E-state index < -0.39 is 16.1 Å². The van der Waals surface area contributed by atoms with E-state index in [4.69, 9.17) is 14.4 Å². The van der Waals surface area contributed by atoms with Crippen LogP contribution >= 0.6 is 0 Å². The molecule has 0 aliphatic heterocycles. The molecule has 0 aliphatic rings. The molecule has 0 saturated heterocycles. The molecule has 21 heavy (non-hydrogen) atoms. The highest BCUT2D eigenvalue weighted by Gasteiger charge is 2.07. The first-order valence-electron chi connectivity index (χ1n) is 6.05. The molecule has 0 aromatic heterocycles. The summed E-state index contributed by atoms with van der Waals surface area (Å²) in [7, 11) is -4.19. The van der Waals surface area contributed by atoms with Crippen LogP contribution in [0.2, 0.25) is 0 Å². The largest absolute Gasteiger partial charge is 0.460 e.